The molecular weight excluding hydrogens is 1000 g/mol. The highest BCUT2D eigenvalue weighted by atomic mass is 31.2. The number of likely N-dealkylation sites (N-methyl/N-ethyl adjacent to an activating group) is 1. The maximum atomic E-state index is 13.6. The van der Waals surface area contributed by atoms with Gasteiger partial charge in [0.25, 0.3) is 7.82 Å². The molecule has 0 heterocycles. The molecule has 0 saturated heterocycles. The Labute approximate surface area is 488 Å². The maximum absolute atomic E-state index is 13.6. The molecule has 9 nitrogen and oxygen atoms in total. The first kappa shape index (κ1) is 76.2. The van der Waals surface area contributed by atoms with Crippen LogP contribution in [-0.2, 0) is 27.9 Å². The topological polar surface area (TPSA) is 114 Å². The maximum Gasteiger partial charge on any atom is 0.306 e. The van der Waals surface area contributed by atoms with Crippen molar-refractivity contribution >= 4 is 19.7 Å². The van der Waals surface area contributed by atoms with E-state index in [9.17, 15) is 19.0 Å². The summed E-state index contributed by atoms with van der Waals surface area (Å²) in [5.74, 6) is -0.546. The first-order valence-electron chi connectivity index (χ1n) is 32.9. The number of carbonyl (C=O) groups is 2. The number of hydrogen-bond acceptors (Lipinski definition) is 7. The standard InChI is InChI=1S/C69H125N2O7P/c1-7-10-13-16-19-22-25-27-29-30-31-32-33-34-35-36-37-38-39-40-42-43-46-49-52-55-58-61-68(72)70-66(65-77-79(74,75)76-64-63-71(4,5)6)67(60-57-54-51-48-45-24-21-18-15-12-9-3)78-69(73)62-59-56-53-50-47-44-41-28-26-23-20-17-14-11-8-2/h10,13,19,22,27,29,31-32,34-35,37-38,57,60,66-67H,7-9,11-12,14-18,20-21,23-26,28,30,33,36,39-56,58-59,61-65H2,1-6H3,(H-,70,72,74,75)/b13-10-,22-19-,29-27-,32-31-,35-34-,38-37-,60-57-. The van der Waals surface area contributed by atoms with Gasteiger partial charge in [0.05, 0.1) is 33.8 Å². The van der Waals surface area contributed by atoms with E-state index in [0.717, 1.165) is 109 Å². The van der Waals surface area contributed by atoms with Crippen LogP contribution in [0.5, 0.6) is 0 Å². The molecule has 3 atom stereocenters. The quantitative estimate of drug-likeness (QED) is 0.0212. The Morgan fingerprint density at radius 3 is 1.22 bits per heavy atom. The monoisotopic (exact) mass is 1120 g/mol. The molecule has 0 saturated carbocycles. The van der Waals surface area contributed by atoms with Gasteiger partial charge in [-0.05, 0) is 83.1 Å². The van der Waals surface area contributed by atoms with Crippen LogP contribution in [-0.4, -0.2) is 69.4 Å². The fraction of sp³-hybridized carbons (Fsp3) is 0.768. The second-order valence-corrected chi connectivity index (χ2v) is 24.7. The number of quaternary nitrogens is 1. The van der Waals surface area contributed by atoms with E-state index in [1.807, 2.05) is 33.3 Å². The van der Waals surface area contributed by atoms with E-state index in [1.165, 1.54) is 148 Å². The van der Waals surface area contributed by atoms with Gasteiger partial charge in [-0.15, -0.1) is 0 Å². The SMILES string of the molecule is CC/C=C\C/C=C\C/C=C\C/C=C\C/C=C\C/C=C\CCCCCCCCCCC(=O)NC(COP(=O)([O-])OCC[N+](C)(C)C)C(/C=C\CCCCCCCCCCC)OC(=O)CCCCCCCCCCCCCCCCC. The number of ether oxygens (including phenoxy) is 1. The van der Waals surface area contributed by atoms with Gasteiger partial charge in [-0.3, -0.25) is 14.2 Å². The van der Waals surface area contributed by atoms with Crippen molar-refractivity contribution in [2.24, 2.45) is 0 Å². The number of carbonyl (C=O) groups excluding carboxylic acids is 2. The zero-order chi connectivity index (χ0) is 57.9. The van der Waals surface area contributed by atoms with Crippen molar-refractivity contribution in [2.75, 3.05) is 40.9 Å². The van der Waals surface area contributed by atoms with Crippen LogP contribution in [0.25, 0.3) is 0 Å². The van der Waals surface area contributed by atoms with E-state index in [4.69, 9.17) is 13.8 Å². The lowest BCUT2D eigenvalue weighted by Gasteiger charge is -2.30. The molecule has 0 bridgehead atoms. The lowest BCUT2D eigenvalue weighted by atomic mass is 10.0. The number of phosphoric ester groups is 1. The second-order valence-electron chi connectivity index (χ2n) is 23.2. The van der Waals surface area contributed by atoms with Crippen LogP contribution in [0.2, 0.25) is 0 Å². The van der Waals surface area contributed by atoms with E-state index < -0.39 is 26.6 Å². The Kier molecular flexibility index (Phi) is 56.3. The van der Waals surface area contributed by atoms with Crippen LogP contribution in [0.4, 0.5) is 0 Å². The molecule has 1 N–H and O–H groups in total. The van der Waals surface area contributed by atoms with Crippen molar-refractivity contribution in [3.8, 4) is 0 Å². The van der Waals surface area contributed by atoms with Crippen molar-refractivity contribution in [3.05, 3.63) is 85.1 Å². The molecule has 1 amide bonds. The first-order valence-corrected chi connectivity index (χ1v) is 34.4. The number of amides is 1. The molecule has 0 rings (SSSR count). The lowest BCUT2D eigenvalue weighted by molar-refractivity contribution is -0.870. The number of rotatable bonds is 59. The van der Waals surface area contributed by atoms with Crippen molar-refractivity contribution in [3.63, 3.8) is 0 Å². The average molecular weight is 1130 g/mol. The minimum absolute atomic E-state index is 0.0259. The van der Waals surface area contributed by atoms with Crippen LogP contribution < -0.4 is 10.2 Å². The van der Waals surface area contributed by atoms with Gasteiger partial charge in [0.15, 0.2) is 0 Å². The number of hydrogen-bond donors (Lipinski definition) is 1. The van der Waals surface area contributed by atoms with Crippen LogP contribution in [0.3, 0.4) is 0 Å². The van der Waals surface area contributed by atoms with Crippen molar-refractivity contribution in [2.45, 2.75) is 303 Å². The number of allylic oxidation sites excluding steroid dienone is 13. The molecule has 0 aliphatic heterocycles. The van der Waals surface area contributed by atoms with E-state index in [-0.39, 0.29) is 24.9 Å². The summed E-state index contributed by atoms with van der Waals surface area (Å²) < 4.78 is 30.3. The molecule has 0 fully saturated rings. The summed E-state index contributed by atoms with van der Waals surface area (Å²) in [4.78, 5) is 40.0. The van der Waals surface area contributed by atoms with Gasteiger partial charge in [0, 0.05) is 12.8 Å². The third-order valence-electron chi connectivity index (χ3n) is 14.3. The highest BCUT2D eigenvalue weighted by Gasteiger charge is 2.27. The van der Waals surface area contributed by atoms with Crippen LogP contribution >= 0.6 is 7.82 Å². The summed E-state index contributed by atoms with van der Waals surface area (Å²) in [6.07, 6.45) is 77.0. The summed E-state index contributed by atoms with van der Waals surface area (Å²) in [6.45, 7) is 6.73. The number of nitrogens with one attached hydrogen (secondary N) is 1. The van der Waals surface area contributed by atoms with Gasteiger partial charge in [-0.25, -0.2) is 0 Å². The third-order valence-corrected chi connectivity index (χ3v) is 15.3. The summed E-state index contributed by atoms with van der Waals surface area (Å²) >= 11 is 0. The predicted molar refractivity (Wildman–Crippen MR) is 339 cm³/mol. The minimum atomic E-state index is -4.70. The van der Waals surface area contributed by atoms with Crippen molar-refractivity contribution in [1.82, 2.24) is 5.32 Å². The second kappa shape index (κ2) is 58.4. The fourth-order valence-corrected chi connectivity index (χ4v) is 10.0. The fourth-order valence-electron chi connectivity index (χ4n) is 9.29. The molecule has 0 aliphatic rings. The highest BCUT2D eigenvalue weighted by molar-refractivity contribution is 7.45. The molecule has 0 aromatic heterocycles. The zero-order valence-electron chi connectivity index (χ0n) is 52.3. The van der Waals surface area contributed by atoms with Gasteiger partial charge in [0.2, 0.25) is 5.91 Å². The first-order chi connectivity index (χ1) is 38.4. The molecule has 0 aromatic rings. The van der Waals surface area contributed by atoms with E-state index >= 15 is 0 Å². The zero-order valence-corrected chi connectivity index (χ0v) is 53.2. The van der Waals surface area contributed by atoms with Crippen molar-refractivity contribution < 1.29 is 37.3 Å². The van der Waals surface area contributed by atoms with Crippen LogP contribution in [0.1, 0.15) is 290 Å². The number of phosphoric acid groups is 1. The van der Waals surface area contributed by atoms with Crippen molar-refractivity contribution in [1.29, 1.82) is 0 Å². The van der Waals surface area contributed by atoms with Gasteiger partial charge in [-0.1, -0.05) is 280 Å². The summed E-state index contributed by atoms with van der Waals surface area (Å²) in [5.41, 5.74) is 0. The molecule has 10 heteroatoms. The summed E-state index contributed by atoms with van der Waals surface area (Å²) in [7, 11) is 1.18. The van der Waals surface area contributed by atoms with E-state index in [2.05, 4.69) is 99.0 Å². The van der Waals surface area contributed by atoms with Crippen LogP contribution in [0.15, 0.2) is 85.1 Å². The molecular formula is C69H125N2O7P. The van der Waals surface area contributed by atoms with Gasteiger partial charge in [0.1, 0.15) is 19.3 Å². The third kappa shape index (κ3) is 59.6. The van der Waals surface area contributed by atoms with E-state index in [0.29, 0.717) is 17.4 Å². The Hall–Kier alpha value is -2.81. The molecule has 79 heavy (non-hydrogen) atoms. The summed E-state index contributed by atoms with van der Waals surface area (Å²) in [5, 5.41) is 3.03. The lowest BCUT2D eigenvalue weighted by Crippen LogP contribution is -2.47. The molecule has 3 unspecified atom stereocenters. The molecule has 0 radical (unpaired) electrons. The van der Waals surface area contributed by atoms with E-state index in [1.54, 1.807) is 0 Å². The minimum Gasteiger partial charge on any atom is -0.756 e. The van der Waals surface area contributed by atoms with Gasteiger partial charge < -0.3 is 28.5 Å². The van der Waals surface area contributed by atoms with Gasteiger partial charge >= 0.3 is 5.97 Å². The Balaban J connectivity index is 5.08. The Bertz CT molecular complexity index is 1630. The Morgan fingerprint density at radius 2 is 0.810 bits per heavy atom. The molecule has 0 spiro atoms. The number of nitrogens with zero attached hydrogens (tertiary/aromatic N) is 1. The average Bonchev–Trinajstić information content (AvgIpc) is 3.41. The van der Waals surface area contributed by atoms with Gasteiger partial charge in [-0.2, -0.15) is 0 Å². The molecule has 0 aromatic carbocycles. The molecule has 458 valence electrons. The molecule has 0 aliphatic carbocycles. The summed E-state index contributed by atoms with van der Waals surface area (Å²) in [6, 6.07) is -0.894. The van der Waals surface area contributed by atoms with Crippen LogP contribution in [0, 0.1) is 0 Å². The predicted octanol–water partition coefficient (Wildman–Crippen LogP) is 19.9. The smallest absolute Gasteiger partial charge is 0.306 e. The largest absolute Gasteiger partial charge is 0.756 e. The number of esters is 1. The number of unbranched alkanes of at least 4 members (excludes halogenated alkanes) is 31. The normalized spacial score (nSPS) is 14.2. The highest BCUT2D eigenvalue weighted by Crippen LogP contribution is 2.38. The Morgan fingerprint density at radius 1 is 0.456 bits per heavy atom.